The monoisotopic (exact) mass is 315 g/mol. The summed E-state index contributed by atoms with van der Waals surface area (Å²) in [6.45, 7) is 2.11. The van der Waals surface area contributed by atoms with E-state index >= 15 is 0 Å². The van der Waals surface area contributed by atoms with Gasteiger partial charge in [0.05, 0.1) is 12.5 Å². The van der Waals surface area contributed by atoms with Gasteiger partial charge in [-0.05, 0) is 42.3 Å². The predicted octanol–water partition coefficient (Wildman–Crippen LogP) is 5.00. The number of benzene rings is 3. The Bertz CT molecular complexity index is 1080. The number of fused-ring (bicyclic) bond motifs is 2. The fourth-order valence-electron chi connectivity index (χ4n) is 3.14. The molecule has 0 unspecified atom stereocenters. The van der Waals surface area contributed by atoms with Gasteiger partial charge in [0, 0.05) is 28.6 Å². The first-order chi connectivity index (χ1) is 11.7. The van der Waals surface area contributed by atoms with E-state index in [4.69, 9.17) is 14.6 Å². The van der Waals surface area contributed by atoms with Crippen molar-refractivity contribution in [3.63, 3.8) is 0 Å². The molecule has 2 aliphatic rings. The Morgan fingerprint density at radius 3 is 2.54 bits per heavy atom. The summed E-state index contributed by atoms with van der Waals surface area (Å²) in [7, 11) is 1.65. The van der Waals surface area contributed by atoms with E-state index in [1.807, 2.05) is 36.4 Å². The molecule has 24 heavy (non-hydrogen) atoms. The summed E-state index contributed by atoms with van der Waals surface area (Å²) in [6, 6.07) is 19.7. The highest BCUT2D eigenvalue weighted by Crippen LogP contribution is 2.41. The molecular formula is C21H17NO2. The molecule has 0 fully saturated rings. The van der Waals surface area contributed by atoms with Crippen LogP contribution in [0.15, 0.2) is 65.1 Å². The fraction of sp³-hybridized carbons (Fsp3) is 0.0952. The largest absolute Gasteiger partial charge is 0.497 e. The number of ether oxygens (including phenoxy) is 1. The third-order valence-corrected chi connectivity index (χ3v) is 4.34. The fourth-order valence-corrected chi connectivity index (χ4v) is 3.14. The van der Waals surface area contributed by atoms with E-state index < -0.39 is 0 Å². The Morgan fingerprint density at radius 2 is 1.75 bits per heavy atom. The Kier molecular flexibility index (Phi) is 3.35. The zero-order valence-corrected chi connectivity index (χ0v) is 13.6. The molecule has 1 aliphatic heterocycles. The van der Waals surface area contributed by atoms with Crippen molar-refractivity contribution in [2.45, 2.75) is 6.92 Å². The average Bonchev–Trinajstić information content (AvgIpc) is 2.59. The van der Waals surface area contributed by atoms with Gasteiger partial charge in [-0.15, -0.1) is 0 Å². The van der Waals surface area contributed by atoms with Gasteiger partial charge in [-0.3, -0.25) is 0 Å². The highest BCUT2D eigenvalue weighted by Gasteiger charge is 2.18. The highest BCUT2D eigenvalue weighted by molar-refractivity contribution is 6.02. The molecule has 1 aliphatic carbocycles. The van der Waals surface area contributed by atoms with Crippen molar-refractivity contribution in [1.82, 2.24) is 0 Å². The third kappa shape index (κ3) is 2.26. The van der Waals surface area contributed by atoms with Gasteiger partial charge in [0.25, 0.3) is 0 Å². The molecule has 3 nitrogen and oxygen atoms in total. The van der Waals surface area contributed by atoms with Crippen molar-refractivity contribution in [1.29, 1.82) is 5.41 Å². The summed E-state index contributed by atoms with van der Waals surface area (Å²) in [4.78, 5) is 0. The van der Waals surface area contributed by atoms with Crippen LogP contribution in [0.3, 0.4) is 0 Å². The van der Waals surface area contributed by atoms with Crippen molar-refractivity contribution in [2.75, 3.05) is 7.11 Å². The first-order valence-electron chi connectivity index (χ1n) is 7.82. The van der Waals surface area contributed by atoms with Crippen LogP contribution < -0.4 is 10.1 Å². The predicted molar refractivity (Wildman–Crippen MR) is 95.4 cm³/mol. The molecule has 2 aromatic rings. The van der Waals surface area contributed by atoms with Gasteiger partial charge in [-0.1, -0.05) is 24.3 Å². The minimum absolute atomic E-state index is 0.434. The number of hydrogen-bond donors (Lipinski definition) is 1. The number of rotatable bonds is 2. The quantitative estimate of drug-likeness (QED) is 0.529. The smallest absolute Gasteiger partial charge is 0.139 e. The number of aryl methyl sites for hydroxylation is 1. The summed E-state index contributed by atoms with van der Waals surface area (Å²) in [5.74, 6) is 1.46. The minimum atomic E-state index is 0.434. The molecule has 0 saturated carbocycles. The molecule has 1 heterocycles. The number of hydrogen-bond acceptors (Lipinski definition) is 3. The zero-order valence-electron chi connectivity index (χ0n) is 13.6. The SMILES string of the molecule is COc1ccc2c(-c3ccccc3C)c3ccc(=N)cc-3oc2c1. The van der Waals surface area contributed by atoms with Crippen LogP contribution in [0.5, 0.6) is 5.75 Å². The summed E-state index contributed by atoms with van der Waals surface area (Å²) >= 11 is 0. The molecular weight excluding hydrogens is 298 g/mol. The van der Waals surface area contributed by atoms with E-state index in [2.05, 4.69) is 19.1 Å². The molecule has 118 valence electrons. The summed E-state index contributed by atoms with van der Waals surface area (Å²) in [5.41, 5.74) is 5.28. The van der Waals surface area contributed by atoms with E-state index in [1.54, 1.807) is 19.2 Å². The van der Waals surface area contributed by atoms with Gasteiger partial charge < -0.3 is 14.6 Å². The van der Waals surface area contributed by atoms with Crippen LogP contribution >= 0.6 is 0 Å². The lowest BCUT2D eigenvalue weighted by molar-refractivity contribution is 0.414. The van der Waals surface area contributed by atoms with Gasteiger partial charge in [0.2, 0.25) is 0 Å². The Morgan fingerprint density at radius 1 is 0.917 bits per heavy atom. The average molecular weight is 315 g/mol. The zero-order chi connectivity index (χ0) is 16.7. The standard InChI is InChI=1S/C21H17NO2/c1-13-5-3-4-6-16(13)21-17-9-7-14(22)11-19(17)24-20-12-15(23-2)8-10-18(20)21/h3-12,22H,1-2H3. The first kappa shape index (κ1) is 14.5. The Balaban J connectivity index is 2.19. The molecule has 2 aromatic carbocycles. The molecule has 0 spiro atoms. The molecule has 3 heteroatoms. The molecule has 0 bridgehead atoms. The van der Waals surface area contributed by atoms with Crippen LogP contribution in [0, 0.1) is 12.3 Å². The molecule has 0 saturated heterocycles. The molecule has 4 rings (SSSR count). The van der Waals surface area contributed by atoms with E-state index in [1.165, 1.54) is 11.1 Å². The van der Waals surface area contributed by atoms with Crippen LogP contribution in [-0.2, 0) is 0 Å². The van der Waals surface area contributed by atoms with Crippen molar-refractivity contribution in [3.8, 4) is 28.2 Å². The number of nitrogens with one attached hydrogen (secondary N) is 1. The molecule has 0 radical (unpaired) electrons. The molecule has 0 amide bonds. The van der Waals surface area contributed by atoms with Crippen molar-refractivity contribution in [3.05, 3.63) is 71.6 Å². The van der Waals surface area contributed by atoms with Gasteiger partial charge in [-0.25, -0.2) is 0 Å². The highest BCUT2D eigenvalue weighted by atomic mass is 16.5. The van der Waals surface area contributed by atoms with E-state index in [0.29, 0.717) is 11.1 Å². The van der Waals surface area contributed by atoms with Crippen LogP contribution in [0.25, 0.3) is 33.4 Å². The van der Waals surface area contributed by atoms with Crippen molar-refractivity contribution in [2.24, 2.45) is 0 Å². The summed E-state index contributed by atoms with van der Waals surface area (Å²) in [6.07, 6.45) is 0. The van der Waals surface area contributed by atoms with E-state index in [9.17, 15) is 0 Å². The maximum absolute atomic E-state index is 7.90. The molecule has 1 N–H and O–H groups in total. The lowest BCUT2D eigenvalue weighted by Crippen LogP contribution is -2.00. The maximum Gasteiger partial charge on any atom is 0.139 e. The van der Waals surface area contributed by atoms with Crippen LogP contribution in [0.2, 0.25) is 0 Å². The Labute approximate surface area is 140 Å². The lowest BCUT2D eigenvalue weighted by atomic mass is 9.91. The van der Waals surface area contributed by atoms with Crippen molar-refractivity contribution < 1.29 is 9.15 Å². The second-order valence-electron chi connectivity index (χ2n) is 5.87. The van der Waals surface area contributed by atoms with Gasteiger partial charge in [-0.2, -0.15) is 0 Å². The topological polar surface area (TPSA) is 46.2 Å². The first-order valence-corrected chi connectivity index (χ1v) is 7.82. The summed E-state index contributed by atoms with van der Waals surface area (Å²) < 4.78 is 11.4. The molecule has 0 aromatic heterocycles. The summed E-state index contributed by atoms with van der Waals surface area (Å²) in [5, 5.41) is 9.37. The van der Waals surface area contributed by atoms with Crippen molar-refractivity contribution >= 4 is 11.0 Å². The lowest BCUT2D eigenvalue weighted by Gasteiger charge is -2.17. The van der Waals surface area contributed by atoms with Crippen LogP contribution in [0.1, 0.15) is 5.56 Å². The third-order valence-electron chi connectivity index (χ3n) is 4.34. The van der Waals surface area contributed by atoms with Crippen LogP contribution in [0.4, 0.5) is 0 Å². The van der Waals surface area contributed by atoms with Gasteiger partial charge in [0.15, 0.2) is 0 Å². The van der Waals surface area contributed by atoms with E-state index in [0.717, 1.165) is 27.8 Å². The maximum atomic E-state index is 7.90. The van der Waals surface area contributed by atoms with Gasteiger partial charge >= 0.3 is 0 Å². The van der Waals surface area contributed by atoms with Gasteiger partial charge in [0.1, 0.15) is 17.1 Å². The Hall–Kier alpha value is -3.07. The van der Waals surface area contributed by atoms with E-state index in [-0.39, 0.29) is 0 Å². The minimum Gasteiger partial charge on any atom is -0.497 e. The second-order valence-corrected chi connectivity index (χ2v) is 5.87. The second kappa shape index (κ2) is 5.53. The van der Waals surface area contributed by atoms with Crippen LogP contribution in [-0.4, -0.2) is 7.11 Å². The normalized spacial score (nSPS) is 11.1. The molecule has 0 atom stereocenters. The number of methoxy groups -OCH3 is 1.